The number of carbonyl (C=O) groups excluding carboxylic acids is 1. The van der Waals surface area contributed by atoms with E-state index in [-0.39, 0.29) is 5.78 Å². The molecule has 0 amide bonds. The van der Waals surface area contributed by atoms with Crippen LogP contribution in [-0.4, -0.2) is 16.1 Å². The maximum Gasteiger partial charge on any atom is 0.277 e. The number of hydrogen-bond donors (Lipinski definition) is 1. The summed E-state index contributed by atoms with van der Waals surface area (Å²) in [6.45, 7) is 0. The molecule has 4 nitrogen and oxygen atoms in total. The lowest BCUT2D eigenvalue weighted by molar-refractivity contribution is -0.580. The van der Waals surface area contributed by atoms with Crippen LogP contribution in [0.1, 0.15) is 27.0 Å². The molecule has 4 aromatic rings. The highest BCUT2D eigenvalue weighted by atomic mass is 32.1. The molecular weight excluding hydrogens is 390 g/mol. The van der Waals surface area contributed by atoms with Gasteiger partial charge in [-0.1, -0.05) is 47.3 Å². The fourth-order valence-corrected chi connectivity index (χ4v) is 4.21. The van der Waals surface area contributed by atoms with Gasteiger partial charge in [-0.25, -0.2) is 0 Å². The molecule has 0 unspecified atom stereocenters. The zero-order chi connectivity index (χ0) is 20.3. The van der Waals surface area contributed by atoms with Crippen molar-refractivity contribution in [3.63, 3.8) is 0 Å². The van der Waals surface area contributed by atoms with Crippen LogP contribution < -0.4 is 10.3 Å². The second-order valence-corrected chi connectivity index (χ2v) is 7.76. The Morgan fingerprint density at radius 3 is 2.73 bits per heavy atom. The van der Waals surface area contributed by atoms with Gasteiger partial charge in [0.25, 0.3) is 5.37 Å². The third-order valence-electron chi connectivity index (χ3n) is 4.86. The third kappa shape index (κ3) is 3.58. The van der Waals surface area contributed by atoms with Crippen molar-refractivity contribution in [1.29, 1.82) is 0 Å². The fourth-order valence-electron chi connectivity index (χ4n) is 3.33. The number of H-pyrrole nitrogens is 1. The van der Waals surface area contributed by atoms with Gasteiger partial charge < -0.3 is 15.1 Å². The number of aromatic nitrogens is 2. The van der Waals surface area contributed by atoms with E-state index in [4.69, 9.17) is 0 Å². The number of fused-ring (bicyclic) bond motifs is 1. The first kappa shape index (κ1) is 18.2. The molecule has 0 fully saturated rings. The first-order valence-electron chi connectivity index (χ1n) is 9.50. The molecule has 0 saturated carbocycles. The minimum Gasteiger partial charge on any atom is -0.346 e. The van der Waals surface area contributed by atoms with Gasteiger partial charge in [0.15, 0.2) is 16.7 Å². The third-order valence-corrected chi connectivity index (χ3v) is 5.84. The molecular formula is C25H17N3OS. The Morgan fingerprint density at radius 1 is 1.03 bits per heavy atom. The van der Waals surface area contributed by atoms with E-state index in [0.29, 0.717) is 11.6 Å². The summed E-state index contributed by atoms with van der Waals surface area (Å²) < 4.78 is 0. The lowest BCUT2D eigenvalue weighted by Gasteiger charge is -2.14. The van der Waals surface area contributed by atoms with Gasteiger partial charge in [-0.05, 0) is 35.5 Å². The van der Waals surface area contributed by atoms with Gasteiger partial charge in [-0.15, -0.1) is 24.1 Å². The number of nitrogens with zero attached hydrogens (tertiary/aromatic N) is 1. The Kier molecular flexibility index (Phi) is 4.78. The minimum atomic E-state index is 0.00996. The number of rotatable bonds is 3. The number of Topliss-reactive ketones (excluding diaryl/α,β-unsaturated/α-hetero) is 1. The largest absolute Gasteiger partial charge is 0.346 e. The molecule has 1 aliphatic heterocycles. The van der Waals surface area contributed by atoms with Crippen molar-refractivity contribution < 1.29 is 15.1 Å². The standard InChI is InChI=1S/C25H17N3OS/c29-24(23-16-30-25(28-23)19-7-4-12-26-14-19)21-15-27-22-13-18(10-11-20(21)22)9-8-17-5-2-1-3-6-17/h1-7,10-16,27H,28H2. The zero-order valence-electron chi connectivity index (χ0n) is 15.9. The molecule has 0 atom stereocenters. The van der Waals surface area contributed by atoms with Crippen molar-refractivity contribution in [2.45, 2.75) is 0 Å². The summed E-state index contributed by atoms with van der Waals surface area (Å²) in [6.07, 6.45) is 5.33. The predicted octanol–water partition coefficient (Wildman–Crippen LogP) is 1.88. The number of pyridine rings is 1. The van der Waals surface area contributed by atoms with Gasteiger partial charge in [0.2, 0.25) is 0 Å². The van der Waals surface area contributed by atoms with E-state index in [9.17, 15) is 4.79 Å². The van der Waals surface area contributed by atoms with Crippen LogP contribution in [0.15, 0.2) is 79.3 Å². The van der Waals surface area contributed by atoms with Crippen molar-refractivity contribution in [3.05, 3.63) is 113 Å². The van der Waals surface area contributed by atoms with Gasteiger partial charge in [0, 0.05) is 11.8 Å². The Balaban J connectivity index is 1.36. The van der Waals surface area contributed by atoms with E-state index in [1.165, 1.54) is 0 Å². The molecule has 0 aliphatic carbocycles. The Morgan fingerprint density at radius 2 is 1.90 bits per heavy atom. The molecule has 0 spiro atoms. The molecule has 5 rings (SSSR count). The number of carbonyl (C=O) groups is 1. The number of benzene rings is 2. The van der Waals surface area contributed by atoms with Crippen LogP contribution >= 0.6 is 0 Å². The maximum absolute atomic E-state index is 13.1. The lowest BCUT2D eigenvalue weighted by Crippen LogP contribution is -2.86. The van der Waals surface area contributed by atoms with Crippen LogP contribution in [0.4, 0.5) is 0 Å². The van der Waals surface area contributed by atoms with Crippen LogP contribution in [0.3, 0.4) is 0 Å². The zero-order valence-corrected chi connectivity index (χ0v) is 16.7. The topological polar surface area (TPSA) is 60.7 Å². The number of ketones is 1. The van der Waals surface area contributed by atoms with Gasteiger partial charge in [-0.2, -0.15) is 0 Å². The van der Waals surface area contributed by atoms with Gasteiger partial charge >= 0.3 is 0 Å². The molecule has 2 aromatic heterocycles. The molecule has 0 radical (unpaired) electrons. The van der Waals surface area contributed by atoms with Crippen LogP contribution in [0.5, 0.6) is 0 Å². The summed E-state index contributed by atoms with van der Waals surface area (Å²) in [7, 11) is 0. The Bertz CT molecular complexity index is 1300. The van der Waals surface area contributed by atoms with E-state index in [0.717, 1.165) is 33.0 Å². The highest BCUT2D eigenvalue weighted by molar-refractivity contribution is 7.81. The predicted molar refractivity (Wildman–Crippen MR) is 118 cm³/mol. The quantitative estimate of drug-likeness (QED) is 0.185. The highest BCUT2D eigenvalue weighted by Gasteiger charge is 2.31. The molecule has 1 aliphatic rings. The number of nitrogens with two attached hydrogens (primary N) is 1. The SMILES string of the molecule is O=C(c1c[nH+][c-]2cc(C#Cc3ccccc3)ccc12)[C-]1C=[S+][C-](c2cccnc2)[NH2+]1. The lowest BCUT2D eigenvalue weighted by atomic mass is 10.0. The smallest absolute Gasteiger partial charge is 0.277 e. The monoisotopic (exact) mass is 407 g/mol. The summed E-state index contributed by atoms with van der Waals surface area (Å²) in [5.41, 5.74) is 4.47. The van der Waals surface area contributed by atoms with E-state index < -0.39 is 0 Å². The summed E-state index contributed by atoms with van der Waals surface area (Å²) >= 11 is 1.55. The van der Waals surface area contributed by atoms with Crippen molar-refractivity contribution in [2.75, 3.05) is 0 Å². The molecule has 30 heavy (non-hydrogen) atoms. The molecule has 5 heteroatoms. The van der Waals surface area contributed by atoms with E-state index in [1.54, 1.807) is 23.7 Å². The van der Waals surface area contributed by atoms with Crippen LogP contribution in [0.25, 0.3) is 10.9 Å². The van der Waals surface area contributed by atoms with E-state index >= 15 is 0 Å². The maximum atomic E-state index is 13.1. The van der Waals surface area contributed by atoms with Gasteiger partial charge in [-0.3, -0.25) is 4.98 Å². The van der Waals surface area contributed by atoms with Crippen LogP contribution in [0, 0.1) is 23.3 Å². The number of quaternary nitrogens is 1. The summed E-state index contributed by atoms with van der Waals surface area (Å²) in [5, 5.41) is 5.77. The first-order chi connectivity index (χ1) is 14.8. The molecule has 0 bridgehead atoms. The average Bonchev–Trinajstić information content (AvgIpc) is 3.46. The summed E-state index contributed by atoms with van der Waals surface area (Å²) in [6, 6.07) is 20.4. The Labute approximate surface area is 178 Å². The average molecular weight is 407 g/mol. The van der Waals surface area contributed by atoms with Crippen LogP contribution in [-0.2, 0) is 11.4 Å². The molecule has 0 saturated heterocycles. The Hall–Kier alpha value is -3.85. The number of aromatic amines is 1. The van der Waals surface area contributed by atoms with Crippen molar-refractivity contribution in [3.8, 4) is 11.8 Å². The normalized spacial score (nSPS) is 12.8. The highest BCUT2D eigenvalue weighted by Crippen LogP contribution is 2.20. The van der Waals surface area contributed by atoms with E-state index in [2.05, 4.69) is 21.8 Å². The number of hydrogen-bond acceptors (Lipinski definition) is 2. The molecule has 3 heterocycles. The second kappa shape index (κ2) is 7.88. The van der Waals surface area contributed by atoms with Crippen molar-refractivity contribution in [1.82, 2.24) is 4.98 Å². The van der Waals surface area contributed by atoms with Crippen molar-refractivity contribution in [2.24, 2.45) is 0 Å². The summed E-state index contributed by atoms with van der Waals surface area (Å²) in [4.78, 5) is 20.5. The number of nitrogens with one attached hydrogen (secondary N) is 1. The fraction of sp³-hybridized carbons (Fsp3) is 0. The molecule has 3 N–H and O–H groups in total. The van der Waals surface area contributed by atoms with Gasteiger partial charge in [0.05, 0.1) is 11.8 Å². The first-order valence-corrected chi connectivity index (χ1v) is 10.4. The van der Waals surface area contributed by atoms with Crippen LogP contribution in [0.2, 0.25) is 0 Å². The minimum absolute atomic E-state index is 0.00996. The van der Waals surface area contributed by atoms with E-state index in [1.807, 2.05) is 77.5 Å². The van der Waals surface area contributed by atoms with Gasteiger partial charge in [0.1, 0.15) is 5.52 Å². The second-order valence-electron chi connectivity index (χ2n) is 6.85. The van der Waals surface area contributed by atoms with Crippen molar-refractivity contribution >= 4 is 33.4 Å². The molecule has 144 valence electrons. The molecule has 2 aromatic carbocycles. The summed E-state index contributed by atoms with van der Waals surface area (Å²) in [5.74, 6) is 6.36.